The quantitative estimate of drug-likeness (QED) is 0.650. The maximum atomic E-state index is 12.4. The first-order valence-corrected chi connectivity index (χ1v) is 6.01. The van der Waals surface area contributed by atoms with Crippen LogP contribution in [0.5, 0.6) is 0 Å². The van der Waals surface area contributed by atoms with Crippen LogP contribution in [0.25, 0.3) is 0 Å². The van der Waals surface area contributed by atoms with Crippen LogP contribution in [0.3, 0.4) is 0 Å². The summed E-state index contributed by atoms with van der Waals surface area (Å²) in [6.07, 6.45) is 0. The highest BCUT2D eigenvalue weighted by Crippen LogP contribution is 2.32. The summed E-state index contributed by atoms with van der Waals surface area (Å²) in [6.45, 7) is 7.04. The SMILES string of the molecule is CC#CCN1C(=O)N[C@](C)(c2cc(C)oc2C)C1=O. The molecule has 1 N–H and O–H groups in total. The highest BCUT2D eigenvalue weighted by molar-refractivity contribution is 6.07. The highest BCUT2D eigenvalue weighted by atomic mass is 16.3. The van der Waals surface area contributed by atoms with Gasteiger partial charge in [-0.05, 0) is 33.8 Å². The van der Waals surface area contributed by atoms with Gasteiger partial charge in [-0.1, -0.05) is 5.92 Å². The fourth-order valence-electron chi connectivity index (χ4n) is 2.31. The van der Waals surface area contributed by atoms with Gasteiger partial charge in [0.15, 0.2) is 0 Å². The van der Waals surface area contributed by atoms with E-state index >= 15 is 0 Å². The number of carbonyl (C=O) groups is 2. The lowest BCUT2D eigenvalue weighted by molar-refractivity contribution is -0.130. The van der Waals surface area contributed by atoms with Crippen LogP contribution in [0.15, 0.2) is 10.5 Å². The van der Waals surface area contributed by atoms with E-state index in [-0.39, 0.29) is 12.5 Å². The number of furan rings is 1. The number of rotatable bonds is 2. The second-order valence-electron chi connectivity index (χ2n) is 4.70. The van der Waals surface area contributed by atoms with Crippen molar-refractivity contribution < 1.29 is 14.0 Å². The first-order chi connectivity index (χ1) is 8.90. The number of imide groups is 1. The van der Waals surface area contributed by atoms with Crippen LogP contribution in [-0.2, 0) is 10.3 Å². The summed E-state index contributed by atoms with van der Waals surface area (Å²) < 4.78 is 5.44. The molecule has 1 atom stereocenters. The molecule has 1 saturated heterocycles. The Morgan fingerprint density at radius 3 is 2.63 bits per heavy atom. The van der Waals surface area contributed by atoms with E-state index in [1.165, 1.54) is 0 Å². The number of nitrogens with one attached hydrogen (secondary N) is 1. The van der Waals surface area contributed by atoms with Crippen LogP contribution in [0.2, 0.25) is 0 Å². The molecule has 0 unspecified atom stereocenters. The molecule has 2 rings (SSSR count). The zero-order chi connectivity index (χ0) is 14.2. The summed E-state index contributed by atoms with van der Waals surface area (Å²) in [7, 11) is 0. The lowest BCUT2D eigenvalue weighted by Crippen LogP contribution is -2.41. The molecular formula is C14H16N2O3. The smallest absolute Gasteiger partial charge is 0.326 e. The molecule has 0 saturated carbocycles. The average Bonchev–Trinajstić information content (AvgIpc) is 2.78. The van der Waals surface area contributed by atoms with Gasteiger partial charge in [0.25, 0.3) is 5.91 Å². The number of carbonyl (C=O) groups excluding carboxylic acids is 2. The van der Waals surface area contributed by atoms with Crippen molar-refractivity contribution in [1.82, 2.24) is 10.2 Å². The lowest BCUT2D eigenvalue weighted by Gasteiger charge is -2.20. The standard InChI is InChI=1S/C14H16N2O3/c1-5-6-7-16-12(17)14(4,15-13(16)18)11-8-9(2)19-10(11)3/h8H,7H2,1-4H3,(H,15,18)/t14-/m1/s1. The number of urea groups is 1. The molecule has 0 aliphatic carbocycles. The van der Waals surface area contributed by atoms with Crippen LogP contribution in [0.4, 0.5) is 4.79 Å². The second kappa shape index (κ2) is 4.47. The summed E-state index contributed by atoms with van der Waals surface area (Å²) in [5.74, 6) is 6.45. The number of aryl methyl sites for hydroxylation is 2. The highest BCUT2D eigenvalue weighted by Gasteiger charge is 2.50. The third-order valence-corrected chi connectivity index (χ3v) is 3.27. The lowest BCUT2D eigenvalue weighted by atomic mass is 9.92. The fraction of sp³-hybridized carbons (Fsp3) is 0.429. The summed E-state index contributed by atoms with van der Waals surface area (Å²) in [6, 6.07) is 1.36. The van der Waals surface area contributed by atoms with Crippen LogP contribution in [0.1, 0.15) is 30.9 Å². The van der Waals surface area contributed by atoms with Gasteiger partial charge in [0.1, 0.15) is 17.1 Å². The fourth-order valence-corrected chi connectivity index (χ4v) is 2.31. The van der Waals surface area contributed by atoms with Crippen LogP contribution < -0.4 is 5.32 Å². The minimum atomic E-state index is -1.08. The van der Waals surface area contributed by atoms with Gasteiger partial charge in [-0.2, -0.15) is 0 Å². The molecule has 100 valence electrons. The predicted octanol–water partition coefficient (Wildman–Crippen LogP) is 1.69. The van der Waals surface area contributed by atoms with Crippen molar-refractivity contribution in [3.05, 3.63) is 23.2 Å². The first-order valence-electron chi connectivity index (χ1n) is 6.01. The maximum Gasteiger partial charge on any atom is 0.326 e. The van der Waals surface area contributed by atoms with Crippen molar-refractivity contribution in [1.29, 1.82) is 0 Å². The van der Waals surface area contributed by atoms with E-state index in [9.17, 15) is 9.59 Å². The maximum absolute atomic E-state index is 12.4. The van der Waals surface area contributed by atoms with Gasteiger partial charge in [-0.25, -0.2) is 4.79 Å². The van der Waals surface area contributed by atoms with E-state index in [0.29, 0.717) is 17.1 Å². The monoisotopic (exact) mass is 260 g/mol. The van der Waals surface area contributed by atoms with Gasteiger partial charge in [0.05, 0.1) is 6.54 Å². The molecular weight excluding hydrogens is 244 g/mol. The van der Waals surface area contributed by atoms with Crippen molar-refractivity contribution >= 4 is 11.9 Å². The van der Waals surface area contributed by atoms with E-state index in [1.807, 2.05) is 0 Å². The Labute approximate surface area is 112 Å². The second-order valence-corrected chi connectivity index (χ2v) is 4.70. The Morgan fingerprint density at radius 2 is 2.11 bits per heavy atom. The van der Waals surface area contributed by atoms with Crippen molar-refractivity contribution in [2.45, 2.75) is 33.2 Å². The Hall–Kier alpha value is -2.22. The van der Waals surface area contributed by atoms with E-state index in [4.69, 9.17) is 4.42 Å². The van der Waals surface area contributed by atoms with Gasteiger partial charge < -0.3 is 9.73 Å². The molecule has 1 aromatic heterocycles. The summed E-state index contributed by atoms with van der Waals surface area (Å²) in [4.78, 5) is 25.5. The molecule has 0 bridgehead atoms. The van der Waals surface area contributed by atoms with Crippen molar-refractivity contribution in [3.8, 4) is 11.8 Å². The largest absolute Gasteiger partial charge is 0.466 e. The van der Waals surface area contributed by atoms with Gasteiger partial charge in [-0.15, -0.1) is 5.92 Å². The van der Waals surface area contributed by atoms with Crippen LogP contribution >= 0.6 is 0 Å². The molecule has 19 heavy (non-hydrogen) atoms. The third-order valence-electron chi connectivity index (χ3n) is 3.27. The number of nitrogens with zero attached hydrogens (tertiary/aromatic N) is 1. The van der Waals surface area contributed by atoms with Gasteiger partial charge in [0, 0.05) is 5.56 Å². The zero-order valence-electron chi connectivity index (χ0n) is 11.5. The molecule has 1 fully saturated rings. The Kier molecular flexibility index (Phi) is 3.11. The van der Waals surface area contributed by atoms with Crippen LogP contribution in [0, 0.1) is 25.7 Å². The van der Waals surface area contributed by atoms with E-state index < -0.39 is 11.6 Å². The van der Waals surface area contributed by atoms with Crippen molar-refractivity contribution in [2.75, 3.05) is 6.54 Å². The number of hydrogen-bond acceptors (Lipinski definition) is 3. The molecule has 5 heteroatoms. The molecule has 1 aliphatic rings. The molecule has 0 aromatic carbocycles. The summed E-state index contributed by atoms with van der Waals surface area (Å²) >= 11 is 0. The number of amides is 3. The summed E-state index contributed by atoms with van der Waals surface area (Å²) in [5, 5.41) is 2.72. The molecule has 1 aliphatic heterocycles. The Morgan fingerprint density at radius 1 is 1.42 bits per heavy atom. The topological polar surface area (TPSA) is 62.6 Å². The van der Waals surface area contributed by atoms with Crippen molar-refractivity contribution in [3.63, 3.8) is 0 Å². The average molecular weight is 260 g/mol. The zero-order valence-corrected chi connectivity index (χ0v) is 11.5. The number of hydrogen-bond donors (Lipinski definition) is 1. The van der Waals surface area contributed by atoms with E-state index in [0.717, 1.165) is 4.90 Å². The van der Waals surface area contributed by atoms with E-state index in [1.54, 1.807) is 33.8 Å². The first kappa shape index (κ1) is 13.2. The molecule has 0 radical (unpaired) electrons. The molecule has 0 spiro atoms. The predicted molar refractivity (Wildman–Crippen MR) is 69.2 cm³/mol. The minimum Gasteiger partial charge on any atom is -0.466 e. The van der Waals surface area contributed by atoms with Gasteiger partial charge in [0.2, 0.25) is 0 Å². The minimum absolute atomic E-state index is 0.104. The van der Waals surface area contributed by atoms with Gasteiger partial charge in [-0.3, -0.25) is 9.69 Å². The Bertz CT molecular complexity index is 606. The molecule has 3 amide bonds. The normalized spacial score (nSPS) is 22.2. The van der Waals surface area contributed by atoms with Crippen LogP contribution in [-0.4, -0.2) is 23.4 Å². The third kappa shape index (κ3) is 1.99. The molecule has 5 nitrogen and oxygen atoms in total. The molecule has 2 heterocycles. The van der Waals surface area contributed by atoms with Gasteiger partial charge >= 0.3 is 6.03 Å². The van der Waals surface area contributed by atoms with Crippen molar-refractivity contribution in [2.24, 2.45) is 0 Å². The summed E-state index contributed by atoms with van der Waals surface area (Å²) in [5.41, 5.74) is -0.385. The molecule has 1 aromatic rings. The van der Waals surface area contributed by atoms with E-state index in [2.05, 4.69) is 17.2 Å². The Balaban J connectivity index is 2.40.